The van der Waals surface area contributed by atoms with Crippen molar-refractivity contribution in [3.05, 3.63) is 46.6 Å². The maximum Gasteiger partial charge on any atom is 0.323 e. The fraction of sp³-hybridized carbons (Fsp3) is 0.312. The van der Waals surface area contributed by atoms with Crippen molar-refractivity contribution in [3.63, 3.8) is 0 Å². The summed E-state index contributed by atoms with van der Waals surface area (Å²) in [6.45, 7) is 1.10. The molecule has 1 aromatic carbocycles. The van der Waals surface area contributed by atoms with Gasteiger partial charge in [0.1, 0.15) is 17.6 Å². The molecule has 1 saturated heterocycles. The molecular formula is C16H16BrNO3. The van der Waals surface area contributed by atoms with Crippen molar-refractivity contribution < 1.29 is 13.9 Å². The number of nitrogens with zero attached hydrogens (tertiary/aromatic N) is 1. The minimum absolute atomic E-state index is 0.141. The topological polar surface area (TPSA) is 42.7 Å². The van der Waals surface area contributed by atoms with Crippen molar-refractivity contribution in [2.45, 2.75) is 19.0 Å². The van der Waals surface area contributed by atoms with E-state index in [1.54, 1.807) is 0 Å². The average Bonchev–Trinajstić information content (AvgIpc) is 3.09. The number of halogens is 1. The number of carbonyl (C=O) groups excluding carboxylic acids is 1. The molecule has 0 radical (unpaired) electrons. The van der Waals surface area contributed by atoms with Gasteiger partial charge in [0.15, 0.2) is 0 Å². The molecule has 1 aliphatic heterocycles. The molecule has 0 saturated carbocycles. The maximum absolute atomic E-state index is 11.6. The Kier molecular flexibility index (Phi) is 4.12. The van der Waals surface area contributed by atoms with Gasteiger partial charge in [-0.15, -0.1) is 0 Å². The van der Waals surface area contributed by atoms with Crippen LogP contribution in [0.5, 0.6) is 0 Å². The Balaban J connectivity index is 1.70. The predicted octanol–water partition coefficient (Wildman–Crippen LogP) is 3.46. The first-order valence-electron chi connectivity index (χ1n) is 6.85. The number of likely N-dealkylation sites (N-methyl/N-ethyl adjacent to an activating group) is 1. The second kappa shape index (κ2) is 6.03. The molecule has 0 N–H and O–H groups in total. The molecule has 1 atom stereocenters. The number of hydrogen-bond acceptors (Lipinski definition) is 4. The first-order chi connectivity index (χ1) is 10.1. The van der Waals surface area contributed by atoms with Crippen LogP contribution in [0.15, 0.2) is 45.3 Å². The van der Waals surface area contributed by atoms with Crippen LogP contribution < -0.4 is 0 Å². The molecule has 0 aliphatic carbocycles. The number of carbonyl (C=O) groups is 1. The van der Waals surface area contributed by atoms with Crippen LogP contribution in [-0.4, -0.2) is 30.6 Å². The molecule has 2 heterocycles. The lowest BCUT2D eigenvalue weighted by Gasteiger charge is -2.19. The van der Waals surface area contributed by atoms with Gasteiger partial charge in [-0.2, -0.15) is 0 Å². The third kappa shape index (κ3) is 3.19. The summed E-state index contributed by atoms with van der Waals surface area (Å²) >= 11 is 3.42. The minimum atomic E-state index is -0.161. The van der Waals surface area contributed by atoms with Crippen LogP contribution >= 0.6 is 15.9 Å². The van der Waals surface area contributed by atoms with Crippen LogP contribution in [0.25, 0.3) is 11.3 Å². The van der Waals surface area contributed by atoms with Gasteiger partial charge in [0, 0.05) is 16.5 Å². The molecule has 21 heavy (non-hydrogen) atoms. The zero-order valence-electron chi connectivity index (χ0n) is 11.7. The van der Waals surface area contributed by atoms with Crippen LogP contribution in [0.3, 0.4) is 0 Å². The second-order valence-corrected chi connectivity index (χ2v) is 6.08. The van der Waals surface area contributed by atoms with Gasteiger partial charge in [-0.05, 0) is 31.3 Å². The van der Waals surface area contributed by atoms with E-state index in [4.69, 9.17) is 9.15 Å². The van der Waals surface area contributed by atoms with Crippen molar-refractivity contribution in [1.82, 2.24) is 4.90 Å². The summed E-state index contributed by atoms with van der Waals surface area (Å²) < 4.78 is 11.9. The second-order valence-electron chi connectivity index (χ2n) is 5.16. The van der Waals surface area contributed by atoms with Crippen molar-refractivity contribution >= 4 is 21.9 Å². The molecular weight excluding hydrogens is 334 g/mol. The predicted molar refractivity (Wildman–Crippen MR) is 82.7 cm³/mol. The maximum atomic E-state index is 11.6. The monoisotopic (exact) mass is 349 g/mol. The summed E-state index contributed by atoms with van der Waals surface area (Å²) in [4.78, 5) is 13.5. The van der Waals surface area contributed by atoms with Crippen LogP contribution in [0.1, 0.15) is 12.2 Å². The van der Waals surface area contributed by atoms with E-state index >= 15 is 0 Å². The van der Waals surface area contributed by atoms with Crippen molar-refractivity contribution in [2.75, 3.05) is 13.7 Å². The molecule has 0 amide bonds. The van der Waals surface area contributed by atoms with Crippen molar-refractivity contribution in [3.8, 4) is 11.3 Å². The van der Waals surface area contributed by atoms with Crippen molar-refractivity contribution in [1.29, 1.82) is 0 Å². The lowest BCUT2D eigenvalue weighted by molar-refractivity contribution is -0.142. The van der Waals surface area contributed by atoms with Crippen LogP contribution in [0, 0.1) is 0 Å². The van der Waals surface area contributed by atoms with Crippen LogP contribution in [-0.2, 0) is 16.1 Å². The summed E-state index contributed by atoms with van der Waals surface area (Å²) in [7, 11) is 1.92. The fourth-order valence-electron chi connectivity index (χ4n) is 2.47. The highest BCUT2D eigenvalue weighted by Gasteiger charge is 2.30. The Labute approximate surface area is 131 Å². The number of furan rings is 1. The van der Waals surface area contributed by atoms with E-state index in [2.05, 4.69) is 15.9 Å². The molecule has 0 unspecified atom stereocenters. The van der Waals surface area contributed by atoms with E-state index in [9.17, 15) is 4.79 Å². The van der Waals surface area contributed by atoms with Gasteiger partial charge in [0.05, 0.1) is 13.2 Å². The molecule has 1 aliphatic rings. The first kappa shape index (κ1) is 14.4. The number of ether oxygens (including phenoxy) is 1. The van der Waals surface area contributed by atoms with E-state index in [0.717, 1.165) is 28.0 Å². The van der Waals surface area contributed by atoms with Gasteiger partial charge in [-0.3, -0.25) is 9.69 Å². The Hall–Kier alpha value is -1.59. The standard InChI is InChI=1S/C16H16BrNO3/c1-18(14-8-9-20-16(14)19)10-13-6-7-15(21-13)11-2-4-12(17)5-3-11/h2-7,14H,8-10H2,1H3/t14-/m1/s1. The summed E-state index contributed by atoms with van der Waals surface area (Å²) in [5, 5.41) is 0. The van der Waals surface area contributed by atoms with E-state index in [-0.39, 0.29) is 12.0 Å². The Morgan fingerprint density at radius 2 is 2.00 bits per heavy atom. The zero-order valence-corrected chi connectivity index (χ0v) is 13.3. The molecule has 3 rings (SSSR count). The lowest BCUT2D eigenvalue weighted by atomic mass is 10.2. The normalized spacial score (nSPS) is 18.2. The summed E-state index contributed by atoms with van der Waals surface area (Å²) in [6.07, 6.45) is 0.746. The summed E-state index contributed by atoms with van der Waals surface area (Å²) in [5.41, 5.74) is 1.03. The van der Waals surface area contributed by atoms with Gasteiger partial charge in [0.2, 0.25) is 0 Å². The highest BCUT2D eigenvalue weighted by atomic mass is 79.9. The van der Waals surface area contributed by atoms with Gasteiger partial charge in [-0.1, -0.05) is 28.1 Å². The minimum Gasteiger partial charge on any atom is -0.464 e. The SMILES string of the molecule is CN(Cc1ccc(-c2ccc(Br)cc2)o1)[C@@H]1CCOC1=O. The fourth-order valence-corrected chi connectivity index (χ4v) is 2.74. The number of hydrogen-bond donors (Lipinski definition) is 0. The highest BCUT2D eigenvalue weighted by molar-refractivity contribution is 9.10. The van der Waals surface area contributed by atoms with Gasteiger partial charge in [0.25, 0.3) is 0 Å². The molecule has 5 heteroatoms. The quantitative estimate of drug-likeness (QED) is 0.792. The molecule has 1 aromatic heterocycles. The molecule has 110 valence electrons. The molecule has 1 fully saturated rings. The molecule has 2 aromatic rings. The van der Waals surface area contributed by atoms with Crippen LogP contribution in [0.2, 0.25) is 0 Å². The van der Waals surface area contributed by atoms with Gasteiger partial charge in [-0.25, -0.2) is 0 Å². The molecule has 0 spiro atoms. The average molecular weight is 350 g/mol. The number of esters is 1. The van der Waals surface area contributed by atoms with Crippen molar-refractivity contribution in [2.24, 2.45) is 0 Å². The Bertz CT molecular complexity index is 635. The Morgan fingerprint density at radius 1 is 1.24 bits per heavy atom. The summed E-state index contributed by atoms with van der Waals surface area (Å²) in [5.74, 6) is 1.53. The highest BCUT2D eigenvalue weighted by Crippen LogP contribution is 2.25. The zero-order chi connectivity index (χ0) is 14.8. The molecule has 0 bridgehead atoms. The van der Waals surface area contributed by atoms with Crippen LogP contribution in [0.4, 0.5) is 0 Å². The van der Waals surface area contributed by atoms with Gasteiger partial charge < -0.3 is 9.15 Å². The smallest absolute Gasteiger partial charge is 0.323 e. The van der Waals surface area contributed by atoms with E-state index in [1.807, 2.05) is 48.3 Å². The summed E-state index contributed by atoms with van der Waals surface area (Å²) in [6, 6.07) is 11.7. The number of rotatable bonds is 4. The van der Waals surface area contributed by atoms with Gasteiger partial charge >= 0.3 is 5.97 Å². The third-order valence-electron chi connectivity index (χ3n) is 3.64. The number of benzene rings is 1. The van der Waals surface area contributed by atoms with E-state index < -0.39 is 0 Å². The van der Waals surface area contributed by atoms with E-state index in [0.29, 0.717) is 13.2 Å². The number of cyclic esters (lactones) is 1. The Morgan fingerprint density at radius 3 is 2.67 bits per heavy atom. The third-order valence-corrected chi connectivity index (χ3v) is 4.16. The van der Waals surface area contributed by atoms with E-state index in [1.165, 1.54) is 0 Å². The molecule has 4 nitrogen and oxygen atoms in total. The first-order valence-corrected chi connectivity index (χ1v) is 7.64. The lowest BCUT2D eigenvalue weighted by Crippen LogP contribution is -2.34. The largest absolute Gasteiger partial charge is 0.464 e.